The van der Waals surface area contributed by atoms with Gasteiger partial charge in [0.05, 0.1) is 16.6 Å². The molecule has 6 nitrogen and oxygen atoms in total. The van der Waals surface area contributed by atoms with Crippen LogP contribution in [-0.4, -0.2) is 20.6 Å². The van der Waals surface area contributed by atoms with E-state index in [2.05, 4.69) is 37.1 Å². The molecule has 0 saturated carbocycles. The maximum Gasteiger partial charge on any atom is 0.416 e. The molecule has 0 fully saturated rings. The number of halogens is 4. The average Bonchev–Trinajstić information content (AvgIpc) is 3.16. The van der Waals surface area contributed by atoms with Crippen LogP contribution in [0, 0.1) is 6.92 Å². The maximum atomic E-state index is 13.0. The zero-order valence-corrected chi connectivity index (χ0v) is 20.7. The van der Waals surface area contributed by atoms with Crippen LogP contribution in [0.4, 0.5) is 18.9 Å². The lowest BCUT2D eigenvalue weighted by molar-refractivity contribution is -0.137. The highest BCUT2D eigenvalue weighted by atomic mass is 79.9. The van der Waals surface area contributed by atoms with Crippen LogP contribution >= 0.6 is 28.1 Å². The van der Waals surface area contributed by atoms with Gasteiger partial charge < -0.3 is 9.88 Å². The smallest absolute Gasteiger partial charge is 0.331 e. The number of alkyl halides is 3. The van der Waals surface area contributed by atoms with Crippen molar-refractivity contribution in [3.8, 4) is 11.4 Å². The Labute approximate surface area is 212 Å². The van der Waals surface area contributed by atoms with Crippen LogP contribution in [0.1, 0.15) is 11.1 Å². The highest BCUT2D eigenvalue weighted by Crippen LogP contribution is 2.32. The number of anilines is 1. The summed E-state index contributed by atoms with van der Waals surface area (Å²) in [6, 6.07) is 17.6. The van der Waals surface area contributed by atoms with Gasteiger partial charge in [-0.05, 0) is 73.2 Å². The Morgan fingerprint density at radius 3 is 2.37 bits per heavy atom. The van der Waals surface area contributed by atoms with Gasteiger partial charge in [0, 0.05) is 15.7 Å². The molecule has 0 aliphatic rings. The molecule has 0 aliphatic heterocycles. The number of imidazole rings is 1. The van der Waals surface area contributed by atoms with Gasteiger partial charge in [-0.15, -0.1) is 0 Å². The number of aryl methyl sites for hydroxylation is 1. The van der Waals surface area contributed by atoms with Crippen LogP contribution in [-0.2, 0) is 17.5 Å². The Morgan fingerprint density at radius 2 is 1.71 bits per heavy atom. The maximum absolute atomic E-state index is 13.0. The first kappa shape index (κ1) is 24.7. The van der Waals surface area contributed by atoms with Gasteiger partial charge in [-0.2, -0.15) is 13.2 Å². The molecule has 1 heterocycles. The van der Waals surface area contributed by atoms with Gasteiger partial charge in [-0.25, -0.2) is 4.98 Å². The van der Waals surface area contributed by atoms with Crippen molar-refractivity contribution in [1.82, 2.24) is 20.4 Å². The van der Waals surface area contributed by atoms with Crippen LogP contribution in [0.2, 0.25) is 0 Å². The summed E-state index contributed by atoms with van der Waals surface area (Å²) in [6.07, 6.45) is -4.44. The third-order valence-corrected chi connectivity index (χ3v) is 5.83. The minimum Gasteiger partial charge on any atom is -0.331 e. The van der Waals surface area contributed by atoms with Crippen molar-refractivity contribution in [3.05, 3.63) is 82.3 Å². The second-order valence-electron chi connectivity index (χ2n) is 7.72. The molecule has 11 heteroatoms. The quantitative estimate of drug-likeness (QED) is 0.216. The van der Waals surface area contributed by atoms with Crippen LogP contribution in [0.5, 0.6) is 0 Å². The molecule has 4 aromatic rings. The van der Waals surface area contributed by atoms with Gasteiger partial charge in [0.15, 0.2) is 5.11 Å². The van der Waals surface area contributed by atoms with Crippen molar-refractivity contribution in [2.45, 2.75) is 19.6 Å². The van der Waals surface area contributed by atoms with Crippen molar-refractivity contribution in [2.75, 3.05) is 5.32 Å². The number of hydrogen-bond acceptors (Lipinski definition) is 3. The summed E-state index contributed by atoms with van der Waals surface area (Å²) in [5.74, 6) is -0.0380. The van der Waals surface area contributed by atoms with E-state index in [0.29, 0.717) is 22.4 Å². The predicted molar refractivity (Wildman–Crippen MR) is 137 cm³/mol. The van der Waals surface area contributed by atoms with Crippen molar-refractivity contribution in [3.63, 3.8) is 0 Å². The number of thiocarbonyl (C=S) groups is 1. The normalized spacial score (nSPS) is 11.3. The van der Waals surface area contributed by atoms with E-state index in [4.69, 9.17) is 12.2 Å². The van der Waals surface area contributed by atoms with E-state index in [0.717, 1.165) is 27.9 Å². The molecule has 4 rings (SSSR count). The highest BCUT2D eigenvalue weighted by Gasteiger charge is 2.30. The summed E-state index contributed by atoms with van der Waals surface area (Å²) in [6.45, 7) is 1.77. The number of fused-ring (bicyclic) bond motifs is 1. The van der Waals surface area contributed by atoms with Gasteiger partial charge in [-0.3, -0.25) is 15.6 Å². The fourth-order valence-electron chi connectivity index (χ4n) is 3.43. The summed E-state index contributed by atoms with van der Waals surface area (Å²) in [5.41, 5.74) is 7.89. The van der Waals surface area contributed by atoms with E-state index >= 15 is 0 Å². The predicted octanol–water partition coefficient (Wildman–Crippen LogP) is 5.81. The number of rotatable bonds is 4. The summed E-state index contributed by atoms with van der Waals surface area (Å²) < 4.78 is 41.6. The van der Waals surface area contributed by atoms with Crippen molar-refractivity contribution in [2.24, 2.45) is 0 Å². The number of hydrazine groups is 1. The van der Waals surface area contributed by atoms with E-state index in [-0.39, 0.29) is 11.7 Å². The molecule has 0 saturated heterocycles. The van der Waals surface area contributed by atoms with E-state index in [1.165, 1.54) is 12.1 Å². The molecule has 0 radical (unpaired) electrons. The first-order valence-electron chi connectivity index (χ1n) is 10.4. The average molecular weight is 562 g/mol. The van der Waals surface area contributed by atoms with Gasteiger partial charge in [0.1, 0.15) is 12.4 Å². The molecule has 3 N–H and O–H groups in total. The standard InChI is InChI=1S/C24H19BrF3N5OS/c1-14-2-11-19-20(12-14)33(22(30-19)15-3-5-16(6-4-15)24(26,27)28)13-21(34)31-32-23(35)29-18-9-7-17(25)8-10-18/h2-12H,13H2,1H3,(H,31,34)(H2,29,32,35). The molecule has 0 unspecified atom stereocenters. The minimum atomic E-state index is -4.44. The summed E-state index contributed by atoms with van der Waals surface area (Å²) in [4.78, 5) is 17.3. The zero-order valence-electron chi connectivity index (χ0n) is 18.3. The molecular weight excluding hydrogens is 543 g/mol. The Balaban J connectivity index is 1.53. The number of nitrogens with one attached hydrogen (secondary N) is 3. The fraction of sp³-hybridized carbons (Fsp3) is 0.125. The topological polar surface area (TPSA) is 71.0 Å². The molecule has 0 atom stereocenters. The van der Waals surface area contributed by atoms with Crippen molar-refractivity contribution >= 4 is 55.9 Å². The third-order valence-electron chi connectivity index (χ3n) is 5.09. The van der Waals surface area contributed by atoms with Crippen LogP contribution in [0.3, 0.4) is 0 Å². The highest BCUT2D eigenvalue weighted by molar-refractivity contribution is 9.10. The number of hydrogen-bond donors (Lipinski definition) is 3. The number of benzene rings is 3. The van der Waals surface area contributed by atoms with E-state index in [1.807, 2.05) is 49.4 Å². The van der Waals surface area contributed by atoms with Gasteiger partial charge in [0.2, 0.25) is 0 Å². The second kappa shape index (κ2) is 10.0. The van der Waals surface area contributed by atoms with Gasteiger partial charge in [-0.1, -0.05) is 34.1 Å². The lowest BCUT2D eigenvalue weighted by Crippen LogP contribution is -2.45. The summed E-state index contributed by atoms with van der Waals surface area (Å²) in [5, 5.41) is 3.14. The summed E-state index contributed by atoms with van der Waals surface area (Å²) in [7, 11) is 0. The van der Waals surface area contributed by atoms with Crippen molar-refractivity contribution < 1.29 is 18.0 Å². The molecule has 0 bridgehead atoms. The monoisotopic (exact) mass is 561 g/mol. The third kappa shape index (κ3) is 5.98. The van der Waals surface area contributed by atoms with E-state index in [9.17, 15) is 18.0 Å². The molecule has 3 aromatic carbocycles. The molecule has 35 heavy (non-hydrogen) atoms. The number of nitrogens with zero attached hydrogens (tertiary/aromatic N) is 2. The zero-order chi connectivity index (χ0) is 25.2. The van der Waals surface area contributed by atoms with E-state index in [1.54, 1.807) is 4.57 Å². The second-order valence-corrected chi connectivity index (χ2v) is 9.05. The van der Waals surface area contributed by atoms with Crippen LogP contribution in [0.15, 0.2) is 71.2 Å². The lowest BCUT2D eigenvalue weighted by atomic mass is 10.1. The lowest BCUT2D eigenvalue weighted by Gasteiger charge is -2.14. The molecule has 180 valence electrons. The SMILES string of the molecule is Cc1ccc2nc(-c3ccc(C(F)(F)F)cc3)n(CC(=O)NNC(=S)Nc3ccc(Br)cc3)c2c1. The number of carbonyl (C=O) groups excluding carboxylic acids is 1. The largest absolute Gasteiger partial charge is 0.416 e. The molecule has 0 spiro atoms. The first-order valence-corrected chi connectivity index (χ1v) is 11.6. The number of amides is 1. The summed E-state index contributed by atoms with van der Waals surface area (Å²) >= 11 is 8.57. The Morgan fingerprint density at radius 1 is 1.03 bits per heavy atom. The Kier molecular flexibility index (Phi) is 7.08. The molecular formula is C24H19BrF3N5OS. The fourth-order valence-corrected chi connectivity index (χ4v) is 3.86. The van der Waals surface area contributed by atoms with Gasteiger partial charge in [0.25, 0.3) is 5.91 Å². The number of aromatic nitrogens is 2. The Bertz CT molecular complexity index is 1390. The minimum absolute atomic E-state index is 0.135. The van der Waals surface area contributed by atoms with E-state index < -0.39 is 17.6 Å². The van der Waals surface area contributed by atoms with Crippen LogP contribution in [0.25, 0.3) is 22.4 Å². The molecule has 1 amide bonds. The van der Waals surface area contributed by atoms with Gasteiger partial charge >= 0.3 is 6.18 Å². The molecule has 0 aliphatic carbocycles. The number of carbonyl (C=O) groups is 1. The first-order chi connectivity index (χ1) is 16.6. The van der Waals surface area contributed by atoms with Crippen LogP contribution < -0.4 is 16.2 Å². The van der Waals surface area contributed by atoms with Crippen molar-refractivity contribution in [1.29, 1.82) is 0 Å². The molecule has 1 aromatic heterocycles. The Hall–Kier alpha value is -3.44.